The van der Waals surface area contributed by atoms with E-state index in [-0.39, 0.29) is 11.5 Å². The summed E-state index contributed by atoms with van der Waals surface area (Å²) >= 11 is 0. The van der Waals surface area contributed by atoms with Crippen LogP contribution in [0.1, 0.15) is 12.6 Å². The Morgan fingerprint density at radius 1 is 1.58 bits per heavy atom. The van der Waals surface area contributed by atoms with E-state index in [4.69, 9.17) is 0 Å². The molecular formula is C8H10N2O2. The van der Waals surface area contributed by atoms with Crippen LogP contribution < -0.4 is 10.9 Å². The number of carbonyl (C=O) groups excluding carboxylic acids is 1. The molecule has 1 aromatic heterocycles. The van der Waals surface area contributed by atoms with Crippen LogP contribution in [0, 0.1) is 0 Å². The Morgan fingerprint density at radius 2 is 2.33 bits per heavy atom. The van der Waals surface area contributed by atoms with Gasteiger partial charge in [0.25, 0.3) is 0 Å². The first-order chi connectivity index (χ1) is 5.68. The van der Waals surface area contributed by atoms with Gasteiger partial charge in [0.05, 0.1) is 6.54 Å². The molecule has 0 saturated carbocycles. The normalized spacial score (nSPS) is 9.42. The van der Waals surface area contributed by atoms with Gasteiger partial charge in [0.15, 0.2) is 0 Å². The Morgan fingerprint density at radius 3 is 2.92 bits per heavy atom. The third-order valence-electron chi connectivity index (χ3n) is 1.36. The van der Waals surface area contributed by atoms with Crippen LogP contribution in [0.15, 0.2) is 23.0 Å². The largest absolute Gasteiger partial charge is 0.351 e. The summed E-state index contributed by atoms with van der Waals surface area (Å²) in [6.07, 6.45) is 0. The van der Waals surface area contributed by atoms with Crippen LogP contribution in [0.25, 0.3) is 0 Å². The van der Waals surface area contributed by atoms with Gasteiger partial charge >= 0.3 is 0 Å². The van der Waals surface area contributed by atoms with Gasteiger partial charge in [-0.1, -0.05) is 6.07 Å². The number of aromatic nitrogens is 1. The lowest BCUT2D eigenvalue weighted by Gasteiger charge is -2.00. The highest BCUT2D eigenvalue weighted by Crippen LogP contribution is 1.87. The molecular weight excluding hydrogens is 156 g/mol. The molecule has 0 bridgehead atoms. The molecule has 0 aliphatic carbocycles. The average molecular weight is 166 g/mol. The number of H-pyrrole nitrogens is 1. The highest BCUT2D eigenvalue weighted by molar-refractivity contribution is 5.72. The number of pyridine rings is 1. The van der Waals surface area contributed by atoms with Gasteiger partial charge in [-0.05, 0) is 6.07 Å². The summed E-state index contributed by atoms with van der Waals surface area (Å²) in [6.45, 7) is 1.80. The number of carbonyl (C=O) groups is 1. The van der Waals surface area contributed by atoms with Crippen LogP contribution in [-0.4, -0.2) is 10.9 Å². The van der Waals surface area contributed by atoms with E-state index in [0.717, 1.165) is 0 Å². The van der Waals surface area contributed by atoms with Crippen LogP contribution in [0.4, 0.5) is 0 Å². The third kappa shape index (κ3) is 2.57. The van der Waals surface area contributed by atoms with Crippen molar-refractivity contribution in [3.63, 3.8) is 0 Å². The predicted octanol–water partition coefficient (Wildman–Crippen LogP) is 0.0110. The first-order valence-electron chi connectivity index (χ1n) is 3.61. The first-order valence-corrected chi connectivity index (χ1v) is 3.61. The summed E-state index contributed by atoms with van der Waals surface area (Å²) in [7, 11) is 0. The first kappa shape index (κ1) is 8.52. The Labute approximate surface area is 69.6 Å². The number of hydrogen-bond acceptors (Lipinski definition) is 2. The Kier molecular flexibility index (Phi) is 2.63. The molecule has 0 atom stereocenters. The number of amides is 1. The third-order valence-corrected chi connectivity index (χ3v) is 1.36. The van der Waals surface area contributed by atoms with Crippen molar-refractivity contribution in [2.45, 2.75) is 13.5 Å². The minimum absolute atomic E-state index is 0.111. The van der Waals surface area contributed by atoms with E-state index in [1.54, 1.807) is 12.1 Å². The zero-order chi connectivity index (χ0) is 8.97. The fourth-order valence-corrected chi connectivity index (χ4v) is 0.816. The van der Waals surface area contributed by atoms with Crippen LogP contribution in [0.3, 0.4) is 0 Å². The van der Waals surface area contributed by atoms with Crippen molar-refractivity contribution in [3.8, 4) is 0 Å². The summed E-state index contributed by atoms with van der Waals surface area (Å²) in [5, 5.41) is 2.58. The molecule has 0 radical (unpaired) electrons. The van der Waals surface area contributed by atoms with Gasteiger partial charge < -0.3 is 10.3 Å². The van der Waals surface area contributed by atoms with Crippen molar-refractivity contribution >= 4 is 5.91 Å². The van der Waals surface area contributed by atoms with Gasteiger partial charge in [-0.25, -0.2) is 0 Å². The molecule has 0 aliphatic heterocycles. The van der Waals surface area contributed by atoms with Crippen molar-refractivity contribution in [1.29, 1.82) is 0 Å². The fraction of sp³-hybridized carbons (Fsp3) is 0.250. The molecule has 1 rings (SSSR count). The molecule has 0 aromatic carbocycles. The van der Waals surface area contributed by atoms with Crippen molar-refractivity contribution in [3.05, 3.63) is 34.2 Å². The molecule has 0 aliphatic rings. The number of rotatable bonds is 2. The summed E-state index contributed by atoms with van der Waals surface area (Å²) in [5.74, 6) is -0.111. The number of hydrogen-bond donors (Lipinski definition) is 2. The lowest BCUT2D eigenvalue weighted by atomic mass is 10.3. The number of aromatic amines is 1. The van der Waals surface area contributed by atoms with Crippen molar-refractivity contribution in [2.24, 2.45) is 0 Å². The van der Waals surface area contributed by atoms with Crippen LogP contribution in [0.5, 0.6) is 0 Å². The van der Waals surface area contributed by atoms with Gasteiger partial charge in [0.2, 0.25) is 11.5 Å². The molecule has 1 aromatic rings. The smallest absolute Gasteiger partial charge is 0.248 e. The molecule has 1 amide bonds. The molecule has 0 unspecified atom stereocenters. The summed E-state index contributed by atoms with van der Waals surface area (Å²) in [5.41, 5.74) is 0.551. The Bertz CT molecular complexity index is 330. The zero-order valence-electron chi connectivity index (χ0n) is 6.76. The van der Waals surface area contributed by atoms with E-state index in [1.165, 1.54) is 13.0 Å². The van der Waals surface area contributed by atoms with Gasteiger partial charge in [-0.15, -0.1) is 0 Å². The molecule has 1 heterocycles. The van der Waals surface area contributed by atoms with Gasteiger partial charge in [-0.3, -0.25) is 9.59 Å². The van der Waals surface area contributed by atoms with E-state index >= 15 is 0 Å². The zero-order valence-corrected chi connectivity index (χ0v) is 6.76. The van der Waals surface area contributed by atoms with Crippen molar-refractivity contribution in [2.75, 3.05) is 0 Å². The van der Waals surface area contributed by atoms with Crippen LogP contribution in [-0.2, 0) is 11.3 Å². The molecule has 0 fully saturated rings. The van der Waals surface area contributed by atoms with E-state index < -0.39 is 0 Å². The molecule has 0 saturated heterocycles. The fourth-order valence-electron chi connectivity index (χ4n) is 0.816. The molecule has 4 nitrogen and oxygen atoms in total. The van der Waals surface area contributed by atoms with Crippen LogP contribution >= 0.6 is 0 Å². The molecule has 0 spiro atoms. The van der Waals surface area contributed by atoms with Crippen LogP contribution in [0.2, 0.25) is 0 Å². The van der Waals surface area contributed by atoms with Crippen molar-refractivity contribution < 1.29 is 4.79 Å². The highest BCUT2D eigenvalue weighted by Gasteiger charge is 1.93. The average Bonchev–Trinajstić information content (AvgIpc) is 2.01. The molecule has 64 valence electrons. The van der Waals surface area contributed by atoms with E-state index in [9.17, 15) is 9.59 Å². The Hall–Kier alpha value is -1.58. The molecule has 4 heteroatoms. The topological polar surface area (TPSA) is 62.0 Å². The maximum absolute atomic E-state index is 10.8. The van der Waals surface area contributed by atoms with Gasteiger partial charge in [0.1, 0.15) is 0 Å². The minimum Gasteiger partial charge on any atom is -0.351 e. The standard InChI is InChI=1S/C8H10N2O2/c1-6(11)9-5-7-3-2-4-8(12)10-7/h2-4H,5H2,1H3,(H,9,11)(H,10,12). The maximum atomic E-state index is 10.8. The predicted molar refractivity (Wildman–Crippen MR) is 44.6 cm³/mol. The van der Waals surface area contributed by atoms with Gasteiger partial charge in [0, 0.05) is 18.7 Å². The SMILES string of the molecule is CC(=O)NCc1cccc(=O)[nH]1. The lowest BCUT2D eigenvalue weighted by molar-refractivity contribution is -0.119. The minimum atomic E-state index is -0.155. The second kappa shape index (κ2) is 3.71. The van der Waals surface area contributed by atoms with E-state index in [2.05, 4.69) is 10.3 Å². The summed E-state index contributed by atoms with van der Waals surface area (Å²) in [6, 6.07) is 4.82. The lowest BCUT2D eigenvalue weighted by Crippen LogP contribution is -2.21. The maximum Gasteiger partial charge on any atom is 0.248 e. The van der Waals surface area contributed by atoms with Gasteiger partial charge in [-0.2, -0.15) is 0 Å². The summed E-state index contributed by atoms with van der Waals surface area (Å²) in [4.78, 5) is 23.9. The second-order valence-corrected chi connectivity index (χ2v) is 2.45. The Balaban J connectivity index is 2.64. The number of nitrogens with one attached hydrogen (secondary N) is 2. The summed E-state index contributed by atoms with van der Waals surface area (Å²) < 4.78 is 0. The highest BCUT2D eigenvalue weighted by atomic mass is 16.1. The monoisotopic (exact) mass is 166 g/mol. The molecule has 12 heavy (non-hydrogen) atoms. The van der Waals surface area contributed by atoms with E-state index in [0.29, 0.717) is 12.2 Å². The van der Waals surface area contributed by atoms with E-state index in [1.807, 2.05) is 0 Å². The second-order valence-electron chi connectivity index (χ2n) is 2.45. The molecule has 2 N–H and O–H groups in total. The quantitative estimate of drug-likeness (QED) is 0.650. The van der Waals surface area contributed by atoms with Crippen molar-refractivity contribution in [1.82, 2.24) is 10.3 Å².